The van der Waals surface area contributed by atoms with Crippen LogP contribution in [0.3, 0.4) is 0 Å². The lowest BCUT2D eigenvalue weighted by atomic mass is 9.94. The number of nitrogens with one attached hydrogen (secondary N) is 3. The van der Waals surface area contributed by atoms with E-state index < -0.39 is 17.5 Å². The molecule has 1 saturated heterocycles. The van der Waals surface area contributed by atoms with E-state index in [-0.39, 0.29) is 6.54 Å². The molecule has 1 aliphatic heterocycles. The summed E-state index contributed by atoms with van der Waals surface area (Å²) in [6.45, 7) is 3.33. The summed E-state index contributed by atoms with van der Waals surface area (Å²) in [5.74, 6) is -0.550. The van der Waals surface area contributed by atoms with Gasteiger partial charge >= 0.3 is 6.03 Å². The van der Waals surface area contributed by atoms with Gasteiger partial charge in [-0.05, 0) is 44.0 Å². The van der Waals surface area contributed by atoms with Crippen LogP contribution in [0.25, 0.3) is 0 Å². The molecule has 0 radical (unpaired) electrons. The smallest absolute Gasteiger partial charge is 0.319 e. The lowest BCUT2D eigenvalue weighted by molar-refractivity contribution is 0.0198. The Bertz CT molecular complexity index is 568. The summed E-state index contributed by atoms with van der Waals surface area (Å²) >= 11 is 0. The first-order valence-corrected chi connectivity index (χ1v) is 7.28. The number of hydrogen-bond acceptors (Lipinski definition) is 4. The molecule has 120 valence electrons. The number of urea groups is 1. The second-order valence-corrected chi connectivity index (χ2v) is 5.71. The number of carbonyl (C=O) groups is 2. The summed E-state index contributed by atoms with van der Waals surface area (Å²) in [5, 5.41) is 18.7. The van der Waals surface area contributed by atoms with Crippen molar-refractivity contribution in [3.63, 3.8) is 0 Å². The summed E-state index contributed by atoms with van der Waals surface area (Å²) in [6.07, 6.45) is 1.52. The molecule has 1 fully saturated rings. The molecule has 0 aliphatic carbocycles. The van der Waals surface area contributed by atoms with Gasteiger partial charge in [-0.25, -0.2) is 4.79 Å². The molecule has 22 heavy (non-hydrogen) atoms. The predicted octanol–water partition coefficient (Wildman–Crippen LogP) is 0.330. The molecule has 0 bridgehead atoms. The van der Waals surface area contributed by atoms with Crippen LogP contribution in [0.5, 0.6) is 0 Å². The largest absolute Gasteiger partial charge is 0.387 e. The van der Waals surface area contributed by atoms with Gasteiger partial charge in [-0.15, -0.1) is 0 Å². The van der Waals surface area contributed by atoms with Crippen molar-refractivity contribution < 1.29 is 14.7 Å². The van der Waals surface area contributed by atoms with Gasteiger partial charge in [-0.2, -0.15) is 0 Å². The Morgan fingerprint density at radius 1 is 1.45 bits per heavy atom. The maximum Gasteiger partial charge on any atom is 0.319 e. The van der Waals surface area contributed by atoms with Gasteiger partial charge in [0.05, 0.1) is 5.60 Å². The van der Waals surface area contributed by atoms with Crippen LogP contribution < -0.4 is 21.7 Å². The number of benzene rings is 1. The van der Waals surface area contributed by atoms with Gasteiger partial charge in [-0.1, -0.05) is 6.07 Å². The van der Waals surface area contributed by atoms with Crippen LogP contribution >= 0.6 is 0 Å². The van der Waals surface area contributed by atoms with E-state index in [1.807, 2.05) is 6.92 Å². The molecule has 3 amide bonds. The molecule has 1 aliphatic rings. The van der Waals surface area contributed by atoms with Gasteiger partial charge in [0, 0.05) is 24.3 Å². The normalized spacial score (nSPS) is 21.2. The third kappa shape index (κ3) is 4.19. The van der Waals surface area contributed by atoms with Crippen LogP contribution in [0.4, 0.5) is 10.5 Å². The maximum atomic E-state index is 12.0. The zero-order chi connectivity index (χ0) is 16.2. The fraction of sp³-hybridized carbons (Fsp3) is 0.467. The van der Waals surface area contributed by atoms with Crippen molar-refractivity contribution in [2.45, 2.75) is 25.4 Å². The summed E-state index contributed by atoms with van der Waals surface area (Å²) in [7, 11) is 0. The zero-order valence-corrected chi connectivity index (χ0v) is 12.6. The minimum Gasteiger partial charge on any atom is -0.387 e. The average molecular weight is 306 g/mol. The van der Waals surface area contributed by atoms with Crippen molar-refractivity contribution in [2.24, 2.45) is 5.73 Å². The van der Waals surface area contributed by atoms with E-state index in [0.717, 1.165) is 18.5 Å². The fourth-order valence-electron chi connectivity index (χ4n) is 2.42. The Hall–Kier alpha value is -2.12. The number of piperidine rings is 1. The molecule has 1 aromatic rings. The van der Waals surface area contributed by atoms with Crippen molar-refractivity contribution >= 4 is 17.6 Å². The quantitative estimate of drug-likeness (QED) is 0.551. The van der Waals surface area contributed by atoms with Gasteiger partial charge < -0.3 is 26.8 Å². The Morgan fingerprint density at radius 3 is 2.86 bits per heavy atom. The van der Waals surface area contributed by atoms with Crippen molar-refractivity contribution in [1.82, 2.24) is 10.6 Å². The van der Waals surface area contributed by atoms with Gasteiger partial charge in [0.1, 0.15) is 0 Å². The topological polar surface area (TPSA) is 116 Å². The molecule has 1 heterocycles. The SMILES string of the molecule is Cc1ccc(C(N)=O)cc1NC(=O)NC[C@@]1(O)CCCNC1. The van der Waals surface area contributed by atoms with Crippen molar-refractivity contribution in [3.8, 4) is 0 Å². The van der Waals surface area contributed by atoms with Crippen LogP contribution in [-0.4, -0.2) is 42.3 Å². The highest BCUT2D eigenvalue weighted by Crippen LogP contribution is 2.17. The molecule has 2 rings (SSSR count). The van der Waals surface area contributed by atoms with Crippen LogP contribution in [0.15, 0.2) is 18.2 Å². The van der Waals surface area contributed by atoms with Crippen LogP contribution in [0.2, 0.25) is 0 Å². The van der Waals surface area contributed by atoms with E-state index in [0.29, 0.717) is 24.2 Å². The predicted molar refractivity (Wildman–Crippen MR) is 83.8 cm³/mol. The number of hydrogen-bond donors (Lipinski definition) is 5. The average Bonchev–Trinajstić information content (AvgIpc) is 2.48. The third-order valence-electron chi connectivity index (χ3n) is 3.80. The van der Waals surface area contributed by atoms with Crippen LogP contribution in [0, 0.1) is 6.92 Å². The van der Waals surface area contributed by atoms with E-state index in [1.165, 1.54) is 6.07 Å². The maximum absolute atomic E-state index is 12.0. The number of rotatable bonds is 4. The first-order chi connectivity index (χ1) is 10.4. The van der Waals surface area contributed by atoms with Gasteiger partial charge in [0.2, 0.25) is 5.91 Å². The molecule has 7 nitrogen and oxygen atoms in total. The Labute approximate surface area is 129 Å². The minimum atomic E-state index is -0.917. The molecule has 7 heteroatoms. The second-order valence-electron chi connectivity index (χ2n) is 5.71. The first kappa shape index (κ1) is 16.3. The molecule has 6 N–H and O–H groups in total. The van der Waals surface area contributed by atoms with Crippen LogP contribution in [0.1, 0.15) is 28.8 Å². The van der Waals surface area contributed by atoms with Gasteiger partial charge in [0.25, 0.3) is 0 Å². The van der Waals surface area contributed by atoms with E-state index >= 15 is 0 Å². The molecular weight excluding hydrogens is 284 g/mol. The van der Waals surface area contributed by atoms with E-state index in [2.05, 4.69) is 16.0 Å². The summed E-state index contributed by atoms with van der Waals surface area (Å²) in [6, 6.07) is 4.43. The monoisotopic (exact) mass is 306 g/mol. The fourth-order valence-corrected chi connectivity index (χ4v) is 2.42. The molecule has 0 saturated carbocycles. The number of primary amides is 1. The molecule has 0 spiro atoms. The summed E-state index contributed by atoms with van der Waals surface area (Å²) in [4.78, 5) is 23.1. The molecular formula is C15H22N4O3. The van der Waals surface area contributed by atoms with E-state index in [9.17, 15) is 14.7 Å². The molecule has 1 atom stereocenters. The number of β-amino-alcohol motifs (C(OH)–C–C–N with tert-alkyl or cyclic N) is 1. The highest BCUT2D eigenvalue weighted by Gasteiger charge is 2.29. The standard InChI is InChI=1S/C15H22N4O3/c1-10-3-4-11(13(16)20)7-12(10)19-14(21)18-9-15(22)5-2-6-17-8-15/h3-4,7,17,22H,2,5-6,8-9H2,1H3,(H2,16,20)(H2,18,19,21)/t15-/m1/s1. The lowest BCUT2D eigenvalue weighted by Crippen LogP contribution is -2.53. The summed E-state index contributed by atoms with van der Waals surface area (Å²) < 4.78 is 0. The minimum absolute atomic E-state index is 0.167. The molecule has 0 aromatic heterocycles. The Morgan fingerprint density at radius 2 is 2.23 bits per heavy atom. The van der Waals surface area contributed by atoms with Crippen molar-refractivity contribution in [2.75, 3.05) is 25.0 Å². The van der Waals surface area contributed by atoms with Gasteiger partial charge in [-0.3, -0.25) is 4.79 Å². The number of anilines is 1. The summed E-state index contributed by atoms with van der Waals surface area (Å²) in [5.41, 5.74) is 5.98. The number of aliphatic hydroxyl groups is 1. The molecule has 1 aromatic carbocycles. The third-order valence-corrected chi connectivity index (χ3v) is 3.80. The van der Waals surface area contributed by atoms with E-state index in [4.69, 9.17) is 5.73 Å². The van der Waals surface area contributed by atoms with E-state index in [1.54, 1.807) is 12.1 Å². The number of aryl methyl sites for hydroxylation is 1. The molecule has 0 unspecified atom stereocenters. The van der Waals surface area contributed by atoms with Crippen LogP contribution in [-0.2, 0) is 0 Å². The highest BCUT2D eigenvalue weighted by molar-refractivity contribution is 5.96. The second kappa shape index (κ2) is 6.76. The van der Waals surface area contributed by atoms with Crippen molar-refractivity contribution in [3.05, 3.63) is 29.3 Å². The lowest BCUT2D eigenvalue weighted by Gasteiger charge is -2.32. The Kier molecular flexibility index (Phi) is 4.99. The van der Waals surface area contributed by atoms with Crippen molar-refractivity contribution in [1.29, 1.82) is 0 Å². The van der Waals surface area contributed by atoms with Gasteiger partial charge in [0.15, 0.2) is 0 Å². The number of nitrogens with two attached hydrogens (primary N) is 1. The zero-order valence-electron chi connectivity index (χ0n) is 12.6. The Balaban J connectivity index is 1.94. The first-order valence-electron chi connectivity index (χ1n) is 7.28. The number of carbonyl (C=O) groups excluding carboxylic acids is 2. The highest BCUT2D eigenvalue weighted by atomic mass is 16.3. The number of amides is 3.